The van der Waals surface area contributed by atoms with E-state index >= 15 is 0 Å². The fourth-order valence-electron chi connectivity index (χ4n) is 3.39. The zero-order valence-electron chi connectivity index (χ0n) is 17.2. The summed E-state index contributed by atoms with van der Waals surface area (Å²) in [4.78, 5) is 18.4. The molecule has 174 valence electrons. The summed E-state index contributed by atoms with van der Waals surface area (Å²) in [7, 11) is -3.74. The van der Waals surface area contributed by atoms with Crippen LogP contribution in [0.4, 0.5) is 18.3 Å². The van der Waals surface area contributed by atoms with E-state index in [4.69, 9.17) is 0 Å². The SMILES string of the molecule is O=C(CN1CCN(S(=O)(=O)c2ccc(F)cc2)CC1)Nc1nc(-c2cc(F)ccc2F)cs1. The highest BCUT2D eigenvalue weighted by Crippen LogP contribution is 2.27. The van der Waals surface area contributed by atoms with Gasteiger partial charge in [0.2, 0.25) is 15.9 Å². The molecule has 0 radical (unpaired) electrons. The van der Waals surface area contributed by atoms with Crippen LogP contribution in [0.2, 0.25) is 0 Å². The van der Waals surface area contributed by atoms with E-state index in [2.05, 4.69) is 10.3 Å². The number of anilines is 1. The highest BCUT2D eigenvalue weighted by molar-refractivity contribution is 7.89. The minimum Gasteiger partial charge on any atom is -0.301 e. The molecule has 1 amide bonds. The van der Waals surface area contributed by atoms with Crippen molar-refractivity contribution in [1.29, 1.82) is 0 Å². The summed E-state index contributed by atoms with van der Waals surface area (Å²) >= 11 is 1.09. The monoisotopic (exact) mass is 496 g/mol. The number of piperazine rings is 1. The summed E-state index contributed by atoms with van der Waals surface area (Å²) in [6.45, 7) is 1.07. The van der Waals surface area contributed by atoms with Crippen molar-refractivity contribution in [2.75, 3.05) is 38.0 Å². The van der Waals surface area contributed by atoms with Gasteiger partial charge in [-0.05, 0) is 42.5 Å². The van der Waals surface area contributed by atoms with Crippen LogP contribution < -0.4 is 5.32 Å². The number of hydrogen-bond acceptors (Lipinski definition) is 6. The van der Waals surface area contributed by atoms with Crippen molar-refractivity contribution in [2.24, 2.45) is 0 Å². The zero-order valence-corrected chi connectivity index (χ0v) is 18.8. The van der Waals surface area contributed by atoms with Gasteiger partial charge in [0.1, 0.15) is 17.5 Å². The van der Waals surface area contributed by atoms with Gasteiger partial charge in [0.15, 0.2) is 5.13 Å². The molecule has 2 aromatic carbocycles. The van der Waals surface area contributed by atoms with Gasteiger partial charge in [0.25, 0.3) is 0 Å². The third kappa shape index (κ3) is 5.41. The van der Waals surface area contributed by atoms with Crippen LogP contribution in [0.1, 0.15) is 0 Å². The van der Waals surface area contributed by atoms with Gasteiger partial charge < -0.3 is 5.32 Å². The lowest BCUT2D eigenvalue weighted by atomic mass is 10.1. The number of halogens is 3. The van der Waals surface area contributed by atoms with Crippen LogP contribution >= 0.6 is 11.3 Å². The van der Waals surface area contributed by atoms with Gasteiger partial charge in [-0.15, -0.1) is 11.3 Å². The predicted molar refractivity (Wildman–Crippen MR) is 118 cm³/mol. The van der Waals surface area contributed by atoms with Crippen LogP contribution in [0.3, 0.4) is 0 Å². The molecule has 0 bridgehead atoms. The maximum Gasteiger partial charge on any atom is 0.243 e. The highest BCUT2D eigenvalue weighted by atomic mass is 32.2. The van der Waals surface area contributed by atoms with E-state index in [1.165, 1.54) is 21.8 Å². The molecule has 4 rings (SSSR count). The number of nitrogens with one attached hydrogen (secondary N) is 1. The van der Waals surface area contributed by atoms with E-state index in [1.807, 2.05) is 0 Å². The van der Waals surface area contributed by atoms with Crippen molar-refractivity contribution in [2.45, 2.75) is 4.90 Å². The van der Waals surface area contributed by atoms with E-state index in [0.717, 1.165) is 41.7 Å². The Bertz CT molecular complexity index is 1260. The molecule has 1 N–H and O–H groups in total. The van der Waals surface area contributed by atoms with Gasteiger partial charge >= 0.3 is 0 Å². The number of carbonyl (C=O) groups excluding carboxylic acids is 1. The Balaban J connectivity index is 1.31. The average molecular weight is 497 g/mol. The Kier molecular flexibility index (Phi) is 6.79. The molecule has 0 atom stereocenters. The number of aromatic nitrogens is 1. The van der Waals surface area contributed by atoms with Crippen molar-refractivity contribution >= 4 is 32.4 Å². The number of nitrogens with zero attached hydrogens (tertiary/aromatic N) is 3. The Morgan fingerprint density at radius 1 is 1.00 bits per heavy atom. The topological polar surface area (TPSA) is 82.6 Å². The lowest BCUT2D eigenvalue weighted by Crippen LogP contribution is -2.50. The lowest BCUT2D eigenvalue weighted by molar-refractivity contribution is -0.117. The largest absolute Gasteiger partial charge is 0.301 e. The van der Waals surface area contributed by atoms with Crippen LogP contribution in [0.15, 0.2) is 52.7 Å². The molecule has 1 aliphatic heterocycles. The number of rotatable bonds is 6. The average Bonchev–Trinajstić information content (AvgIpc) is 3.24. The van der Waals surface area contributed by atoms with Gasteiger partial charge in [0.05, 0.1) is 17.1 Å². The zero-order chi connectivity index (χ0) is 23.6. The smallest absolute Gasteiger partial charge is 0.243 e. The van der Waals surface area contributed by atoms with E-state index in [-0.39, 0.29) is 46.8 Å². The minimum absolute atomic E-state index is 0.00485. The van der Waals surface area contributed by atoms with Crippen LogP contribution in [0.5, 0.6) is 0 Å². The van der Waals surface area contributed by atoms with E-state index in [0.29, 0.717) is 13.1 Å². The van der Waals surface area contributed by atoms with Crippen LogP contribution in [-0.4, -0.2) is 61.2 Å². The molecular weight excluding hydrogens is 477 g/mol. The number of amides is 1. The summed E-state index contributed by atoms with van der Waals surface area (Å²) in [5, 5.41) is 4.40. The Morgan fingerprint density at radius 3 is 2.36 bits per heavy atom. The predicted octanol–water partition coefficient (Wildman–Crippen LogP) is 3.17. The van der Waals surface area contributed by atoms with Crippen LogP contribution in [0.25, 0.3) is 11.3 Å². The molecule has 0 spiro atoms. The number of benzene rings is 2. The first-order valence-corrected chi connectivity index (χ1v) is 12.2. The fraction of sp³-hybridized carbons (Fsp3) is 0.238. The fourth-order valence-corrected chi connectivity index (χ4v) is 5.54. The molecule has 33 heavy (non-hydrogen) atoms. The minimum atomic E-state index is -3.74. The third-order valence-electron chi connectivity index (χ3n) is 5.10. The van der Waals surface area contributed by atoms with Gasteiger partial charge in [0, 0.05) is 37.1 Å². The van der Waals surface area contributed by atoms with Crippen molar-refractivity contribution in [3.05, 3.63) is 65.3 Å². The molecule has 0 aliphatic carbocycles. The summed E-state index contributed by atoms with van der Waals surface area (Å²) in [6.07, 6.45) is 0. The second-order valence-electron chi connectivity index (χ2n) is 7.34. The number of sulfonamides is 1. The molecule has 1 aromatic heterocycles. The van der Waals surface area contributed by atoms with Gasteiger partial charge in [-0.1, -0.05) is 0 Å². The van der Waals surface area contributed by atoms with Crippen LogP contribution in [-0.2, 0) is 14.8 Å². The third-order valence-corrected chi connectivity index (χ3v) is 7.78. The number of thiazole rings is 1. The second kappa shape index (κ2) is 9.59. The van der Waals surface area contributed by atoms with Crippen molar-refractivity contribution in [1.82, 2.24) is 14.2 Å². The Hall–Kier alpha value is -2.80. The standard InChI is InChI=1S/C21H19F3N4O3S2/c22-14-1-4-16(5-2-14)33(30,31)28-9-7-27(8-10-28)12-20(29)26-21-25-19(13-32-21)17-11-15(23)3-6-18(17)24/h1-6,11,13H,7-10,12H2,(H,25,26,29). The van der Waals surface area contributed by atoms with E-state index in [1.54, 1.807) is 4.90 Å². The van der Waals surface area contributed by atoms with Gasteiger partial charge in [-0.2, -0.15) is 4.31 Å². The Labute approximate surface area is 192 Å². The molecule has 7 nitrogen and oxygen atoms in total. The highest BCUT2D eigenvalue weighted by Gasteiger charge is 2.29. The van der Waals surface area contributed by atoms with Gasteiger partial charge in [-0.25, -0.2) is 26.6 Å². The maximum atomic E-state index is 13.9. The summed E-state index contributed by atoms with van der Waals surface area (Å²) < 4.78 is 67.1. The first-order valence-electron chi connectivity index (χ1n) is 9.91. The normalized spacial score (nSPS) is 15.5. The van der Waals surface area contributed by atoms with Crippen molar-refractivity contribution in [3.8, 4) is 11.3 Å². The summed E-state index contributed by atoms with van der Waals surface area (Å²) in [5.41, 5.74) is 0.220. The first-order chi connectivity index (χ1) is 15.7. The maximum absolute atomic E-state index is 13.9. The molecule has 1 saturated heterocycles. The molecule has 0 unspecified atom stereocenters. The van der Waals surface area contributed by atoms with Gasteiger partial charge in [-0.3, -0.25) is 9.69 Å². The summed E-state index contributed by atoms with van der Waals surface area (Å²) in [6, 6.07) is 7.71. The molecule has 1 fully saturated rings. The van der Waals surface area contributed by atoms with Crippen molar-refractivity contribution in [3.63, 3.8) is 0 Å². The van der Waals surface area contributed by atoms with Crippen LogP contribution in [0, 0.1) is 17.5 Å². The van der Waals surface area contributed by atoms with E-state index in [9.17, 15) is 26.4 Å². The number of carbonyl (C=O) groups is 1. The lowest BCUT2D eigenvalue weighted by Gasteiger charge is -2.33. The van der Waals surface area contributed by atoms with E-state index < -0.39 is 27.5 Å². The molecule has 0 saturated carbocycles. The Morgan fingerprint density at radius 2 is 1.67 bits per heavy atom. The molecule has 2 heterocycles. The quantitative estimate of drug-likeness (QED) is 0.567. The second-order valence-corrected chi connectivity index (χ2v) is 10.1. The molecule has 12 heteroatoms. The molecule has 1 aliphatic rings. The first kappa shape index (κ1) is 23.4. The molecular formula is C21H19F3N4O3S2. The number of hydrogen-bond donors (Lipinski definition) is 1. The summed E-state index contributed by atoms with van der Waals surface area (Å²) in [5.74, 6) is -2.08. The molecule has 3 aromatic rings. The van der Waals surface area contributed by atoms with Crippen molar-refractivity contribution < 1.29 is 26.4 Å².